The van der Waals surface area contributed by atoms with Crippen molar-refractivity contribution in [3.63, 3.8) is 0 Å². The molecule has 2 aromatic carbocycles. The zero-order valence-electron chi connectivity index (χ0n) is 11.2. The van der Waals surface area contributed by atoms with Crippen LogP contribution in [0.1, 0.15) is 15.9 Å². The fourth-order valence-electron chi connectivity index (χ4n) is 1.70. The van der Waals surface area contributed by atoms with Crippen LogP contribution in [0.15, 0.2) is 42.5 Å². The first kappa shape index (κ1) is 16.3. The maximum absolute atomic E-state index is 12.8. The number of rotatable bonds is 3. The number of nitrogens with one attached hydrogen (secondary N) is 2. The Bertz CT molecular complexity index is 705. The summed E-state index contributed by atoms with van der Waals surface area (Å²) in [5, 5.41) is 0.349. The third-order valence-corrected chi connectivity index (χ3v) is 3.61. The number of carbonyl (C=O) groups is 2. The molecule has 2 amide bonds. The highest BCUT2D eigenvalue weighted by Crippen LogP contribution is 2.25. The molecule has 2 rings (SSSR count). The Kier molecular flexibility index (Phi) is 5.35. The summed E-state index contributed by atoms with van der Waals surface area (Å²) in [5.41, 5.74) is 5.27. The van der Waals surface area contributed by atoms with Gasteiger partial charge in [-0.05, 0) is 29.8 Å². The molecule has 0 aliphatic heterocycles. The van der Waals surface area contributed by atoms with Crippen LogP contribution in [0.3, 0.4) is 0 Å². The van der Waals surface area contributed by atoms with Crippen LogP contribution in [0.5, 0.6) is 0 Å². The van der Waals surface area contributed by atoms with Gasteiger partial charge >= 0.3 is 0 Å². The highest BCUT2D eigenvalue weighted by molar-refractivity contribution is 6.43. The van der Waals surface area contributed by atoms with Gasteiger partial charge in [-0.1, -0.05) is 41.4 Å². The Balaban J connectivity index is 1.92. The second-order valence-electron chi connectivity index (χ2n) is 4.41. The van der Waals surface area contributed by atoms with Gasteiger partial charge in [-0.25, -0.2) is 4.39 Å². The lowest BCUT2D eigenvalue weighted by molar-refractivity contribution is -0.121. The van der Waals surface area contributed by atoms with Crippen LogP contribution in [0.25, 0.3) is 0 Å². The predicted octanol–water partition coefficient (Wildman–Crippen LogP) is 3.14. The van der Waals surface area contributed by atoms with Gasteiger partial charge < -0.3 is 0 Å². The molecule has 0 bridgehead atoms. The van der Waals surface area contributed by atoms with Gasteiger partial charge in [0, 0.05) is 0 Å². The summed E-state index contributed by atoms with van der Waals surface area (Å²) in [4.78, 5) is 23.6. The smallest absolute Gasteiger partial charge is 0.271 e. The van der Waals surface area contributed by atoms with Crippen LogP contribution < -0.4 is 10.9 Å². The number of hydrogen-bond acceptors (Lipinski definition) is 2. The van der Waals surface area contributed by atoms with E-state index in [-0.39, 0.29) is 27.8 Å². The molecule has 114 valence electrons. The van der Waals surface area contributed by atoms with E-state index in [1.165, 1.54) is 30.3 Å². The van der Waals surface area contributed by atoms with Gasteiger partial charge in [0.25, 0.3) is 5.91 Å². The SMILES string of the molecule is O=C(Cc1ccc(F)cc1)NNC(=O)c1cccc(Cl)c1Cl. The van der Waals surface area contributed by atoms with E-state index in [2.05, 4.69) is 10.9 Å². The molecule has 0 saturated heterocycles. The van der Waals surface area contributed by atoms with Crippen LogP contribution in [-0.2, 0) is 11.2 Å². The van der Waals surface area contributed by atoms with E-state index < -0.39 is 11.8 Å². The lowest BCUT2D eigenvalue weighted by Gasteiger charge is -2.09. The van der Waals surface area contributed by atoms with Gasteiger partial charge in [-0.15, -0.1) is 0 Å². The lowest BCUT2D eigenvalue weighted by Crippen LogP contribution is -2.42. The van der Waals surface area contributed by atoms with Crippen LogP contribution >= 0.6 is 23.2 Å². The van der Waals surface area contributed by atoms with Crippen LogP contribution in [0.2, 0.25) is 10.0 Å². The Morgan fingerprint density at radius 1 is 1.00 bits per heavy atom. The molecule has 7 heteroatoms. The molecule has 0 atom stereocenters. The second kappa shape index (κ2) is 7.24. The third kappa shape index (κ3) is 4.19. The molecule has 4 nitrogen and oxygen atoms in total. The van der Waals surface area contributed by atoms with E-state index in [0.29, 0.717) is 5.56 Å². The van der Waals surface area contributed by atoms with Gasteiger partial charge in [0.2, 0.25) is 5.91 Å². The van der Waals surface area contributed by atoms with Crippen LogP contribution in [-0.4, -0.2) is 11.8 Å². The highest BCUT2D eigenvalue weighted by Gasteiger charge is 2.13. The van der Waals surface area contributed by atoms with Gasteiger partial charge in [0.15, 0.2) is 0 Å². The molecular weight excluding hydrogens is 330 g/mol. The number of halogens is 3. The first-order valence-electron chi connectivity index (χ1n) is 6.25. The molecule has 0 aromatic heterocycles. The van der Waals surface area contributed by atoms with Gasteiger partial charge in [-0.3, -0.25) is 20.4 Å². The van der Waals surface area contributed by atoms with E-state index in [9.17, 15) is 14.0 Å². The van der Waals surface area contributed by atoms with Gasteiger partial charge in [0.05, 0.1) is 22.0 Å². The fourth-order valence-corrected chi connectivity index (χ4v) is 2.09. The predicted molar refractivity (Wildman–Crippen MR) is 82.2 cm³/mol. The van der Waals surface area contributed by atoms with E-state index in [4.69, 9.17) is 23.2 Å². The van der Waals surface area contributed by atoms with Crippen molar-refractivity contribution in [3.05, 3.63) is 69.5 Å². The van der Waals surface area contributed by atoms with Crippen LogP contribution in [0.4, 0.5) is 4.39 Å². The Morgan fingerprint density at radius 3 is 2.36 bits per heavy atom. The summed E-state index contributed by atoms with van der Waals surface area (Å²) in [5.74, 6) is -1.41. The summed E-state index contributed by atoms with van der Waals surface area (Å²) >= 11 is 11.7. The van der Waals surface area contributed by atoms with Crippen molar-refractivity contribution in [2.45, 2.75) is 6.42 Å². The minimum Gasteiger partial charge on any atom is -0.273 e. The number of benzene rings is 2. The van der Waals surface area contributed by atoms with E-state index >= 15 is 0 Å². The van der Waals surface area contributed by atoms with E-state index in [1.807, 2.05) is 0 Å². The minimum atomic E-state index is -0.583. The van der Waals surface area contributed by atoms with Crippen molar-refractivity contribution >= 4 is 35.0 Å². The summed E-state index contributed by atoms with van der Waals surface area (Å²) in [6.45, 7) is 0. The number of hydrogen-bond donors (Lipinski definition) is 2. The third-order valence-electron chi connectivity index (χ3n) is 2.79. The zero-order chi connectivity index (χ0) is 16.1. The Labute approximate surface area is 136 Å². The summed E-state index contributed by atoms with van der Waals surface area (Å²) in [6, 6.07) is 10.1. The average molecular weight is 341 g/mol. The zero-order valence-corrected chi connectivity index (χ0v) is 12.7. The first-order chi connectivity index (χ1) is 10.5. The molecule has 2 aromatic rings. The lowest BCUT2D eigenvalue weighted by atomic mass is 10.1. The molecule has 22 heavy (non-hydrogen) atoms. The van der Waals surface area contributed by atoms with Crippen molar-refractivity contribution in [2.75, 3.05) is 0 Å². The van der Waals surface area contributed by atoms with E-state index in [0.717, 1.165) is 0 Å². The summed E-state index contributed by atoms with van der Waals surface area (Å²) in [7, 11) is 0. The maximum Gasteiger partial charge on any atom is 0.271 e. The topological polar surface area (TPSA) is 58.2 Å². The van der Waals surface area contributed by atoms with Crippen molar-refractivity contribution in [1.29, 1.82) is 0 Å². The number of carbonyl (C=O) groups excluding carboxylic acids is 2. The molecule has 2 N–H and O–H groups in total. The van der Waals surface area contributed by atoms with Gasteiger partial charge in [-0.2, -0.15) is 0 Å². The quantitative estimate of drug-likeness (QED) is 0.843. The Hall–Kier alpha value is -2.11. The second-order valence-corrected chi connectivity index (χ2v) is 5.19. The molecule has 0 saturated carbocycles. The van der Waals surface area contributed by atoms with Gasteiger partial charge in [0.1, 0.15) is 5.82 Å². The maximum atomic E-state index is 12.8. The number of amides is 2. The molecule has 0 aliphatic carbocycles. The molecule has 0 heterocycles. The standard InChI is InChI=1S/C15H11Cl2FN2O2/c16-12-3-1-2-11(14(12)17)15(22)20-19-13(21)8-9-4-6-10(18)7-5-9/h1-7H,8H2,(H,19,21)(H,20,22). The summed E-state index contributed by atoms with van der Waals surface area (Å²) in [6.07, 6.45) is 0.00381. The molecular formula is C15H11Cl2FN2O2. The van der Waals surface area contributed by atoms with Crippen molar-refractivity contribution in [1.82, 2.24) is 10.9 Å². The molecule has 0 aliphatic rings. The molecule has 0 unspecified atom stereocenters. The van der Waals surface area contributed by atoms with Crippen molar-refractivity contribution in [2.24, 2.45) is 0 Å². The first-order valence-corrected chi connectivity index (χ1v) is 7.00. The van der Waals surface area contributed by atoms with Crippen molar-refractivity contribution < 1.29 is 14.0 Å². The van der Waals surface area contributed by atoms with E-state index in [1.54, 1.807) is 12.1 Å². The monoisotopic (exact) mass is 340 g/mol. The average Bonchev–Trinajstić information content (AvgIpc) is 2.50. The Morgan fingerprint density at radius 2 is 1.68 bits per heavy atom. The minimum absolute atomic E-state index is 0.00381. The van der Waals surface area contributed by atoms with Crippen molar-refractivity contribution in [3.8, 4) is 0 Å². The molecule has 0 fully saturated rings. The molecule has 0 radical (unpaired) electrons. The summed E-state index contributed by atoms with van der Waals surface area (Å²) < 4.78 is 12.8. The highest BCUT2D eigenvalue weighted by atomic mass is 35.5. The number of hydrazine groups is 1. The fraction of sp³-hybridized carbons (Fsp3) is 0.0667. The largest absolute Gasteiger partial charge is 0.273 e. The molecule has 0 spiro atoms. The normalized spacial score (nSPS) is 10.1. The van der Waals surface area contributed by atoms with Crippen LogP contribution in [0, 0.1) is 5.82 Å².